The molecule has 2 saturated heterocycles. The van der Waals surface area contributed by atoms with Gasteiger partial charge in [0, 0.05) is 33.1 Å². The van der Waals surface area contributed by atoms with E-state index in [2.05, 4.69) is 5.32 Å². The number of rotatable bonds is 3. The van der Waals surface area contributed by atoms with Crippen molar-refractivity contribution in [1.29, 1.82) is 0 Å². The third kappa shape index (κ3) is 2.71. The second-order valence-electron chi connectivity index (χ2n) is 6.28. The molecule has 0 bridgehead atoms. The van der Waals surface area contributed by atoms with Crippen LogP contribution in [0.5, 0.6) is 0 Å². The molecular formula is C16H21N3O4. The molecule has 7 heteroatoms. The summed E-state index contributed by atoms with van der Waals surface area (Å²) in [6.07, 6.45) is 0.251. The van der Waals surface area contributed by atoms with Gasteiger partial charge in [-0.05, 0) is 25.5 Å². The molecule has 1 aromatic heterocycles. The fourth-order valence-corrected chi connectivity index (χ4v) is 3.12. The number of carbonyl (C=O) groups is 3. The maximum Gasteiger partial charge on any atom is 0.289 e. The molecule has 3 heterocycles. The molecule has 1 aromatic rings. The van der Waals surface area contributed by atoms with Gasteiger partial charge in [-0.3, -0.25) is 14.4 Å². The zero-order valence-corrected chi connectivity index (χ0v) is 13.6. The molecule has 3 rings (SSSR count). The van der Waals surface area contributed by atoms with E-state index in [4.69, 9.17) is 4.42 Å². The topological polar surface area (TPSA) is 82.9 Å². The van der Waals surface area contributed by atoms with Crippen LogP contribution in [0.2, 0.25) is 0 Å². The molecule has 2 fully saturated rings. The summed E-state index contributed by atoms with van der Waals surface area (Å²) >= 11 is 0. The number of nitrogens with one attached hydrogen (secondary N) is 1. The van der Waals surface area contributed by atoms with Gasteiger partial charge in [-0.25, -0.2) is 0 Å². The Hall–Kier alpha value is -2.31. The van der Waals surface area contributed by atoms with Crippen molar-refractivity contribution in [2.45, 2.75) is 26.3 Å². The quantitative estimate of drug-likeness (QED) is 0.869. The van der Waals surface area contributed by atoms with Gasteiger partial charge in [0.1, 0.15) is 5.76 Å². The zero-order valence-electron chi connectivity index (χ0n) is 13.6. The van der Waals surface area contributed by atoms with Crippen LogP contribution in [0, 0.1) is 19.8 Å². The third-order valence-corrected chi connectivity index (χ3v) is 4.74. The smallest absolute Gasteiger partial charge is 0.289 e. The molecule has 2 aliphatic rings. The van der Waals surface area contributed by atoms with Crippen molar-refractivity contribution < 1.29 is 18.8 Å². The number of likely N-dealkylation sites (tertiary alicyclic amines) is 2. The Balaban J connectivity index is 1.58. The molecule has 1 unspecified atom stereocenters. The summed E-state index contributed by atoms with van der Waals surface area (Å²) in [5, 5.41) is 2.58. The first-order valence-corrected chi connectivity index (χ1v) is 7.78. The molecule has 0 spiro atoms. The number of hydrogen-bond acceptors (Lipinski definition) is 4. The maximum atomic E-state index is 12.3. The van der Waals surface area contributed by atoms with Crippen LogP contribution in [0.3, 0.4) is 0 Å². The van der Waals surface area contributed by atoms with Gasteiger partial charge in [0.05, 0.1) is 12.0 Å². The van der Waals surface area contributed by atoms with Gasteiger partial charge in [-0.1, -0.05) is 0 Å². The first-order chi connectivity index (χ1) is 10.9. The minimum atomic E-state index is -0.285. The summed E-state index contributed by atoms with van der Waals surface area (Å²) in [7, 11) is 1.58. The van der Waals surface area contributed by atoms with Crippen molar-refractivity contribution in [3.05, 3.63) is 23.2 Å². The van der Waals surface area contributed by atoms with E-state index in [1.54, 1.807) is 22.9 Å². The maximum absolute atomic E-state index is 12.3. The number of carbonyl (C=O) groups excluding carboxylic acids is 3. The van der Waals surface area contributed by atoms with Crippen molar-refractivity contribution in [2.24, 2.45) is 5.92 Å². The first-order valence-electron chi connectivity index (χ1n) is 7.78. The second kappa shape index (κ2) is 5.72. The van der Waals surface area contributed by atoms with Crippen LogP contribution in [0.15, 0.2) is 10.5 Å². The lowest BCUT2D eigenvalue weighted by atomic mass is 10.1. The minimum Gasteiger partial charge on any atom is -0.456 e. The predicted molar refractivity (Wildman–Crippen MR) is 81.8 cm³/mol. The second-order valence-corrected chi connectivity index (χ2v) is 6.28. The number of hydrogen-bond donors (Lipinski definition) is 1. The lowest BCUT2D eigenvalue weighted by Crippen LogP contribution is -2.61. The van der Waals surface area contributed by atoms with E-state index in [0.717, 1.165) is 11.3 Å². The van der Waals surface area contributed by atoms with Gasteiger partial charge in [0.2, 0.25) is 11.8 Å². The van der Waals surface area contributed by atoms with E-state index in [1.807, 2.05) is 13.8 Å². The van der Waals surface area contributed by atoms with Gasteiger partial charge in [0.25, 0.3) is 5.91 Å². The standard InChI is InChI=1S/C16H21N3O4/c1-9-4-13(23-10(9)2)16(22)18-7-12(8-18)19-6-11(5-14(19)20)15(21)17-3/h4,11-12H,5-8H2,1-3H3,(H,17,21). The Labute approximate surface area is 134 Å². The highest BCUT2D eigenvalue weighted by atomic mass is 16.4. The van der Waals surface area contributed by atoms with E-state index >= 15 is 0 Å². The molecule has 0 aliphatic carbocycles. The van der Waals surface area contributed by atoms with Crippen molar-refractivity contribution in [1.82, 2.24) is 15.1 Å². The highest BCUT2D eigenvalue weighted by Crippen LogP contribution is 2.26. The van der Waals surface area contributed by atoms with Gasteiger partial charge in [-0.15, -0.1) is 0 Å². The van der Waals surface area contributed by atoms with E-state index < -0.39 is 0 Å². The largest absolute Gasteiger partial charge is 0.456 e. The summed E-state index contributed by atoms with van der Waals surface area (Å²) < 4.78 is 5.45. The molecule has 3 amide bonds. The summed E-state index contributed by atoms with van der Waals surface area (Å²) in [5.74, 6) is 0.539. The van der Waals surface area contributed by atoms with E-state index in [9.17, 15) is 14.4 Å². The molecule has 0 radical (unpaired) electrons. The normalized spacial score (nSPS) is 21.5. The summed E-state index contributed by atoms with van der Waals surface area (Å²) in [4.78, 5) is 39.4. The monoisotopic (exact) mass is 319 g/mol. The van der Waals surface area contributed by atoms with Crippen molar-refractivity contribution in [3.63, 3.8) is 0 Å². The fourth-order valence-electron chi connectivity index (χ4n) is 3.12. The van der Waals surface area contributed by atoms with Gasteiger partial charge < -0.3 is 19.5 Å². The molecule has 0 saturated carbocycles. The molecule has 2 aliphatic heterocycles. The van der Waals surface area contributed by atoms with Crippen molar-refractivity contribution in [3.8, 4) is 0 Å². The van der Waals surface area contributed by atoms with E-state index in [-0.39, 0.29) is 36.1 Å². The van der Waals surface area contributed by atoms with Crippen LogP contribution in [-0.2, 0) is 9.59 Å². The lowest BCUT2D eigenvalue weighted by Gasteiger charge is -2.43. The summed E-state index contributed by atoms with van der Waals surface area (Å²) in [5.41, 5.74) is 0.952. The Morgan fingerprint density at radius 1 is 1.26 bits per heavy atom. The third-order valence-electron chi connectivity index (χ3n) is 4.74. The van der Waals surface area contributed by atoms with Crippen LogP contribution in [0.1, 0.15) is 28.3 Å². The van der Waals surface area contributed by atoms with Crippen LogP contribution in [0.4, 0.5) is 0 Å². The summed E-state index contributed by atoms with van der Waals surface area (Å²) in [6, 6.07) is 1.74. The van der Waals surface area contributed by atoms with Crippen molar-refractivity contribution in [2.75, 3.05) is 26.7 Å². The lowest BCUT2D eigenvalue weighted by molar-refractivity contribution is -0.132. The van der Waals surface area contributed by atoms with Crippen LogP contribution in [0.25, 0.3) is 0 Å². The molecule has 124 valence electrons. The van der Waals surface area contributed by atoms with Gasteiger partial charge in [-0.2, -0.15) is 0 Å². The first kappa shape index (κ1) is 15.6. The van der Waals surface area contributed by atoms with Gasteiger partial charge >= 0.3 is 0 Å². The minimum absolute atomic E-state index is 0.00161. The Morgan fingerprint density at radius 2 is 1.96 bits per heavy atom. The van der Waals surface area contributed by atoms with Gasteiger partial charge in [0.15, 0.2) is 5.76 Å². The predicted octanol–water partition coefficient (Wildman–Crippen LogP) is 0.315. The highest BCUT2D eigenvalue weighted by molar-refractivity contribution is 5.93. The summed E-state index contributed by atoms with van der Waals surface area (Å²) in [6.45, 7) is 5.14. The Morgan fingerprint density at radius 3 is 2.52 bits per heavy atom. The van der Waals surface area contributed by atoms with E-state index in [1.165, 1.54) is 0 Å². The zero-order chi connectivity index (χ0) is 16.7. The average molecular weight is 319 g/mol. The van der Waals surface area contributed by atoms with Crippen LogP contribution < -0.4 is 5.32 Å². The Bertz CT molecular complexity index is 641. The number of nitrogens with zero attached hydrogens (tertiary/aromatic N) is 2. The molecule has 23 heavy (non-hydrogen) atoms. The van der Waals surface area contributed by atoms with Crippen LogP contribution in [-0.4, -0.2) is 60.2 Å². The molecule has 7 nitrogen and oxygen atoms in total. The van der Waals surface area contributed by atoms with E-state index in [0.29, 0.717) is 25.4 Å². The average Bonchev–Trinajstić information content (AvgIpc) is 3.01. The Kier molecular flexibility index (Phi) is 3.87. The number of furan rings is 1. The SMILES string of the molecule is CNC(=O)C1CC(=O)N(C2CN(C(=O)c3cc(C)c(C)o3)C2)C1. The number of aryl methyl sites for hydroxylation is 2. The molecular weight excluding hydrogens is 298 g/mol. The number of amides is 3. The van der Waals surface area contributed by atoms with Crippen molar-refractivity contribution >= 4 is 17.7 Å². The molecule has 1 N–H and O–H groups in total. The fraction of sp³-hybridized carbons (Fsp3) is 0.562. The van der Waals surface area contributed by atoms with Crippen LogP contribution >= 0.6 is 0 Å². The molecule has 1 atom stereocenters. The highest BCUT2D eigenvalue weighted by Gasteiger charge is 2.43. The molecule has 0 aromatic carbocycles.